The lowest BCUT2D eigenvalue weighted by molar-refractivity contribution is -0.136. The number of rotatable bonds is 5. The van der Waals surface area contributed by atoms with E-state index < -0.39 is 11.9 Å². The second-order valence-electron chi connectivity index (χ2n) is 9.64. The fraction of sp³-hybridized carbons (Fsp3) is 0.385. The van der Waals surface area contributed by atoms with Crippen molar-refractivity contribution in [1.82, 2.24) is 15.5 Å². The Morgan fingerprint density at radius 2 is 1.83 bits per heavy atom. The highest BCUT2D eigenvalue weighted by molar-refractivity contribution is 6.30. The van der Waals surface area contributed by atoms with Crippen molar-refractivity contribution in [2.45, 2.75) is 63.1 Å². The number of imide groups is 1. The minimum Gasteiger partial charge on any atom is -0.332 e. The molecular formula is C26H27ClN4O4. The van der Waals surface area contributed by atoms with Gasteiger partial charge in [-0.2, -0.15) is 0 Å². The van der Waals surface area contributed by atoms with Crippen LogP contribution < -0.4 is 16.0 Å². The fourth-order valence-electron chi connectivity index (χ4n) is 5.45. The topological polar surface area (TPSA) is 108 Å². The third-order valence-corrected chi connectivity index (χ3v) is 7.43. The molecule has 3 aliphatic rings. The summed E-state index contributed by atoms with van der Waals surface area (Å²) in [6, 6.07) is 11.9. The first-order valence-corrected chi connectivity index (χ1v) is 12.3. The van der Waals surface area contributed by atoms with Crippen molar-refractivity contribution in [1.29, 1.82) is 0 Å². The summed E-state index contributed by atoms with van der Waals surface area (Å²) < 4.78 is 0. The molecule has 0 radical (unpaired) electrons. The molecule has 8 nitrogen and oxygen atoms in total. The van der Waals surface area contributed by atoms with E-state index in [-0.39, 0.29) is 36.3 Å². The molecule has 9 heteroatoms. The summed E-state index contributed by atoms with van der Waals surface area (Å²) in [6.45, 7) is 0.262. The Hall–Kier alpha value is -3.39. The van der Waals surface area contributed by atoms with Gasteiger partial charge in [0, 0.05) is 34.8 Å². The van der Waals surface area contributed by atoms with Crippen LogP contribution in [-0.2, 0) is 22.6 Å². The second-order valence-corrected chi connectivity index (χ2v) is 10.1. The highest BCUT2D eigenvalue weighted by Crippen LogP contribution is 2.34. The molecular weight excluding hydrogens is 468 g/mol. The number of nitrogens with one attached hydrogen (secondary N) is 3. The fourth-order valence-corrected chi connectivity index (χ4v) is 5.57. The Morgan fingerprint density at radius 3 is 2.54 bits per heavy atom. The summed E-state index contributed by atoms with van der Waals surface area (Å²) in [5.74, 6) is -0.995. The molecule has 1 aliphatic carbocycles. The zero-order valence-electron chi connectivity index (χ0n) is 19.2. The quantitative estimate of drug-likeness (QED) is 0.550. The highest BCUT2D eigenvalue weighted by Gasteiger charge is 2.39. The van der Waals surface area contributed by atoms with Gasteiger partial charge in [0.05, 0.1) is 0 Å². The number of amides is 5. The molecule has 1 saturated heterocycles. The Morgan fingerprint density at radius 1 is 1.09 bits per heavy atom. The largest absolute Gasteiger partial charge is 0.332 e. The average molecular weight is 495 g/mol. The number of urea groups is 1. The van der Waals surface area contributed by atoms with E-state index in [4.69, 9.17) is 11.6 Å². The highest BCUT2D eigenvalue weighted by atomic mass is 35.5. The second kappa shape index (κ2) is 9.34. The number of piperidine rings is 1. The molecule has 0 bridgehead atoms. The summed E-state index contributed by atoms with van der Waals surface area (Å²) in [7, 11) is 0. The third kappa shape index (κ3) is 4.89. The number of nitrogens with zero attached hydrogens (tertiary/aromatic N) is 1. The number of hydrogen-bond acceptors (Lipinski definition) is 4. The molecule has 0 spiro atoms. The van der Waals surface area contributed by atoms with E-state index in [9.17, 15) is 19.2 Å². The molecule has 5 rings (SSSR count). The Balaban J connectivity index is 1.25. The number of hydrogen-bond donors (Lipinski definition) is 3. The molecule has 35 heavy (non-hydrogen) atoms. The molecule has 1 atom stereocenters. The van der Waals surface area contributed by atoms with E-state index in [0.717, 1.165) is 43.2 Å². The standard InChI is InChI=1S/C26H27ClN4O4/c27-18-5-3-16(4-6-18)14-26(11-1-2-12-26)30-25(35)28-19-7-8-20-17(13-19)15-31(24(20)34)21-9-10-22(32)29-23(21)33/h3-8,13,21H,1-2,9-12,14-15H2,(H2,28,30,35)(H,29,32,33). The van der Waals surface area contributed by atoms with Crippen molar-refractivity contribution in [3.05, 3.63) is 64.2 Å². The predicted molar refractivity (Wildman–Crippen MR) is 131 cm³/mol. The summed E-state index contributed by atoms with van der Waals surface area (Å²) in [6.07, 6.45) is 5.19. The van der Waals surface area contributed by atoms with E-state index in [1.54, 1.807) is 18.2 Å². The van der Waals surface area contributed by atoms with Crippen LogP contribution in [0.4, 0.5) is 10.5 Å². The minimum absolute atomic E-state index is 0.210. The van der Waals surface area contributed by atoms with E-state index in [1.165, 1.54) is 4.90 Å². The molecule has 182 valence electrons. The maximum Gasteiger partial charge on any atom is 0.319 e. The summed E-state index contributed by atoms with van der Waals surface area (Å²) in [5, 5.41) is 9.11. The molecule has 2 heterocycles. The van der Waals surface area contributed by atoms with Gasteiger partial charge in [-0.3, -0.25) is 19.7 Å². The van der Waals surface area contributed by atoms with Crippen molar-refractivity contribution < 1.29 is 19.2 Å². The van der Waals surface area contributed by atoms with Gasteiger partial charge in [0.2, 0.25) is 11.8 Å². The van der Waals surface area contributed by atoms with Crippen LogP contribution in [-0.4, -0.2) is 40.2 Å². The molecule has 1 saturated carbocycles. The van der Waals surface area contributed by atoms with Crippen LogP contribution in [0, 0.1) is 0 Å². The minimum atomic E-state index is -0.664. The summed E-state index contributed by atoms with van der Waals surface area (Å²) in [5.41, 5.74) is 2.65. The van der Waals surface area contributed by atoms with Crippen LogP contribution in [0.2, 0.25) is 5.02 Å². The lowest BCUT2D eigenvalue weighted by Crippen LogP contribution is -2.52. The van der Waals surface area contributed by atoms with Crippen LogP contribution >= 0.6 is 11.6 Å². The normalized spacial score (nSPS) is 21.0. The van der Waals surface area contributed by atoms with E-state index in [1.807, 2.05) is 24.3 Å². The van der Waals surface area contributed by atoms with Gasteiger partial charge in [-0.15, -0.1) is 0 Å². The maximum absolute atomic E-state index is 13.0. The monoisotopic (exact) mass is 494 g/mol. The number of halogens is 1. The molecule has 2 aromatic carbocycles. The third-order valence-electron chi connectivity index (χ3n) is 7.18. The Labute approximate surface area is 208 Å². The van der Waals surface area contributed by atoms with Crippen molar-refractivity contribution in [3.63, 3.8) is 0 Å². The lowest BCUT2D eigenvalue weighted by atomic mass is 9.89. The number of benzene rings is 2. The lowest BCUT2D eigenvalue weighted by Gasteiger charge is -2.31. The van der Waals surface area contributed by atoms with Gasteiger partial charge in [0.1, 0.15) is 6.04 Å². The predicted octanol–water partition coefficient (Wildman–Crippen LogP) is 3.78. The van der Waals surface area contributed by atoms with Crippen LogP contribution in [0.1, 0.15) is 60.0 Å². The first-order chi connectivity index (χ1) is 16.8. The van der Waals surface area contributed by atoms with Crippen LogP contribution in [0.15, 0.2) is 42.5 Å². The first-order valence-electron chi connectivity index (χ1n) is 11.9. The molecule has 0 aromatic heterocycles. The molecule has 1 unspecified atom stereocenters. The van der Waals surface area contributed by atoms with E-state index in [0.29, 0.717) is 22.7 Å². The maximum atomic E-state index is 13.0. The smallest absolute Gasteiger partial charge is 0.319 e. The molecule has 3 N–H and O–H groups in total. The molecule has 2 aromatic rings. The average Bonchev–Trinajstić information content (AvgIpc) is 3.39. The zero-order chi connectivity index (χ0) is 24.6. The van der Waals surface area contributed by atoms with Crippen molar-refractivity contribution in [3.8, 4) is 0 Å². The van der Waals surface area contributed by atoms with E-state index >= 15 is 0 Å². The van der Waals surface area contributed by atoms with Crippen LogP contribution in [0.3, 0.4) is 0 Å². The summed E-state index contributed by atoms with van der Waals surface area (Å²) >= 11 is 6.02. The van der Waals surface area contributed by atoms with Gasteiger partial charge < -0.3 is 15.5 Å². The number of carbonyl (C=O) groups excluding carboxylic acids is 4. The molecule has 2 aliphatic heterocycles. The first kappa shape index (κ1) is 23.4. The van der Waals surface area contributed by atoms with Crippen molar-refractivity contribution >= 4 is 41.0 Å². The van der Waals surface area contributed by atoms with Crippen molar-refractivity contribution in [2.75, 3.05) is 5.32 Å². The Kier molecular flexibility index (Phi) is 6.23. The number of carbonyl (C=O) groups is 4. The van der Waals surface area contributed by atoms with Gasteiger partial charge in [-0.1, -0.05) is 36.6 Å². The van der Waals surface area contributed by atoms with E-state index in [2.05, 4.69) is 16.0 Å². The van der Waals surface area contributed by atoms with Crippen LogP contribution in [0.25, 0.3) is 0 Å². The van der Waals surface area contributed by atoms with Crippen LogP contribution in [0.5, 0.6) is 0 Å². The zero-order valence-corrected chi connectivity index (χ0v) is 20.0. The van der Waals surface area contributed by atoms with Gasteiger partial charge in [0.15, 0.2) is 0 Å². The number of anilines is 1. The van der Waals surface area contributed by atoms with Gasteiger partial charge in [-0.25, -0.2) is 4.79 Å². The molecule has 2 fully saturated rings. The van der Waals surface area contributed by atoms with Crippen molar-refractivity contribution in [2.24, 2.45) is 0 Å². The SMILES string of the molecule is O=C1CCC(N2Cc3cc(NC(=O)NC4(Cc5ccc(Cl)cc5)CCCC4)ccc3C2=O)C(=O)N1. The Bertz CT molecular complexity index is 1190. The summed E-state index contributed by atoms with van der Waals surface area (Å²) in [4.78, 5) is 51.0. The van der Waals surface area contributed by atoms with Gasteiger partial charge in [-0.05, 0) is 67.1 Å². The number of fused-ring (bicyclic) bond motifs is 1. The van der Waals surface area contributed by atoms with Gasteiger partial charge in [0.25, 0.3) is 5.91 Å². The molecule has 5 amide bonds. The van der Waals surface area contributed by atoms with Gasteiger partial charge >= 0.3 is 6.03 Å².